The summed E-state index contributed by atoms with van der Waals surface area (Å²) in [6.45, 7) is 2.17. The van der Waals surface area contributed by atoms with Gasteiger partial charge in [-0.25, -0.2) is 0 Å². The molecule has 0 N–H and O–H groups in total. The van der Waals surface area contributed by atoms with E-state index >= 15 is 0 Å². The molecule has 23 heavy (non-hydrogen) atoms. The van der Waals surface area contributed by atoms with Crippen LogP contribution >= 0.6 is 0 Å². The van der Waals surface area contributed by atoms with Crippen LogP contribution in [0.15, 0.2) is 59.5 Å². The van der Waals surface area contributed by atoms with Crippen LogP contribution in [0.2, 0.25) is 0 Å². The largest absolute Gasteiger partial charge is 0.296 e. The molecule has 0 spiro atoms. The van der Waals surface area contributed by atoms with Gasteiger partial charge in [-0.3, -0.25) is 4.18 Å². The number of unbranched alkanes of at least 4 members (excludes halogenated alkanes) is 3. The Morgan fingerprint density at radius 3 is 2.17 bits per heavy atom. The predicted octanol–water partition coefficient (Wildman–Crippen LogP) is 4.50. The van der Waals surface area contributed by atoms with Crippen LogP contribution in [0.25, 0.3) is 0 Å². The zero-order chi connectivity index (χ0) is 16.5. The standard InChI is InChI=1S/C19H24O3S/c1-17-12-14-19(15-13-17)23(20,21)22-16-8-3-2-5-9-18-10-6-4-7-11-18/h4,6-7,10-15H,2-3,5,8-9,16H2,1H3. The maximum atomic E-state index is 12.0. The van der Waals surface area contributed by atoms with Gasteiger partial charge in [-0.1, -0.05) is 60.9 Å². The first-order valence-corrected chi connectivity index (χ1v) is 9.49. The lowest BCUT2D eigenvalue weighted by Crippen LogP contribution is -2.07. The Kier molecular flexibility index (Phi) is 6.81. The molecule has 4 heteroatoms. The highest BCUT2D eigenvalue weighted by atomic mass is 32.2. The molecule has 2 aromatic rings. The molecule has 0 radical (unpaired) electrons. The first kappa shape index (κ1) is 17.7. The van der Waals surface area contributed by atoms with Crippen molar-refractivity contribution in [1.29, 1.82) is 0 Å². The Morgan fingerprint density at radius 1 is 0.826 bits per heavy atom. The Hall–Kier alpha value is -1.65. The number of hydrogen-bond donors (Lipinski definition) is 0. The van der Waals surface area contributed by atoms with Gasteiger partial charge in [-0.05, 0) is 43.9 Å². The van der Waals surface area contributed by atoms with Gasteiger partial charge in [-0.15, -0.1) is 0 Å². The molecule has 0 amide bonds. The van der Waals surface area contributed by atoms with Crippen LogP contribution in [0.5, 0.6) is 0 Å². The highest BCUT2D eigenvalue weighted by Crippen LogP contribution is 2.14. The third-order valence-corrected chi connectivity index (χ3v) is 5.08. The second kappa shape index (κ2) is 8.85. The molecule has 3 nitrogen and oxygen atoms in total. The summed E-state index contributed by atoms with van der Waals surface area (Å²) < 4.78 is 29.1. The van der Waals surface area contributed by atoms with Gasteiger partial charge in [0.1, 0.15) is 0 Å². The van der Waals surface area contributed by atoms with E-state index in [2.05, 4.69) is 24.3 Å². The van der Waals surface area contributed by atoms with E-state index in [9.17, 15) is 8.42 Å². The van der Waals surface area contributed by atoms with E-state index in [-0.39, 0.29) is 11.5 Å². The second-order valence-electron chi connectivity index (χ2n) is 5.74. The van der Waals surface area contributed by atoms with Crippen LogP contribution in [0, 0.1) is 6.92 Å². The van der Waals surface area contributed by atoms with Crippen LogP contribution in [-0.4, -0.2) is 15.0 Å². The van der Waals surface area contributed by atoms with Crippen LogP contribution in [0.3, 0.4) is 0 Å². The molecule has 0 aliphatic heterocycles. The summed E-state index contributed by atoms with van der Waals surface area (Å²) in [4.78, 5) is 0.229. The lowest BCUT2D eigenvalue weighted by Gasteiger charge is -2.06. The highest BCUT2D eigenvalue weighted by Gasteiger charge is 2.14. The van der Waals surface area contributed by atoms with Crippen molar-refractivity contribution in [1.82, 2.24) is 0 Å². The lowest BCUT2D eigenvalue weighted by atomic mass is 10.1. The highest BCUT2D eigenvalue weighted by molar-refractivity contribution is 7.86. The average molecular weight is 332 g/mol. The summed E-state index contributed by atoms with van der Waals surface area (Å²) in [6.07, 6.45) is 5.02. The van der Waals surface area contributed by atoms with Crippen LogP contribution in [0.4, 0.5) is 0 Å². The molecule has 0 bridgehead atoms. The molecule has 0 heterocycles. The van der Waals surface area contributed by atoms with Crippen LogP contribution in [0.1, 0.15) is 36.8 Å². The van der Waals surface area contributed by atoms with E-state index in [0.29, 0.717) is 0 Å². The molecule has 0 aromatic heterocycles. The molecule has 0 saturated carbocycles. The first-order valence-electron chi connectivity index (χ1n) is 8.08. The minimum Gasteiger partial charge on any atom is -0.266 e. The maximum absolute atomic E-state index is 12.0. The average Bonchev–Trinajstić information content (AvgIpc) is 2.55. The monoisotopic (exact) mass is 332 g/mol. The Bertz CT molecular complexity index is 676. The molecular weight excluding hydrogens is 308 g/mol. The van der Waals surface area contributed by atoms with E-state index in [1.54, 1.807) is 24.3 Å². The molecule has 124 valence electrons. The zero-order valence-electron chi connectivity index (χ0n) is 13.6. The van der Waals surface area contributed by atoms with Crippen molar-refractivity contribution in [3.63, 3.8) is 0 Å². The van der Waals surface area contributed by atoms with Crippen molar-refractivity contribution in [2.45, 2.75) is 43.9 Å². The maximum Gasteiger partial charge on any atom is 0.296 e. The molecule has 0 fully saturated rings. The van der Waals surface area contributed by atoms with Gasteiger partial charge in [0, 0.05) is 0 Å². The van der Waals surface area contributed by atoms with Gasteiger partial charge in [0.2, 0.25) is 0 Å². The summed E-state index contributed by atoms with van der Waals surface area (Å²) in [5.74, 6) is 0. The topological polar surface area (TPSA) is 43.4 Å². The quantitative estimate of drug-likeness (QED) is 0.501. The van der Waals surface area contributed by atoms with Gasteiger partial charge in [0.25, 0.3) is 10.1 Å². The zero-order valence-corrected chi connectivity index (χ0v) is 14.4. The fourth-order valence-electron chi connectivity index (χ4n) is 2.37. The Balaban J connectivity index is 1.62. The van der Waals surface area contributed by atoms with Gasteiger partial charge in [0.05, 0.1) is 11.5 Å². The lowest BCUT2D eigenvalue weighted by molar-refractivity contribution is 0.306. The van der Waals surface area contributed by atoms with Crippen molar-refractivity contribution in [2.24, 2.45) is 0 Å². The van der Waals surface area contributed by atoms with E-state index in [0.717, 1.165) is 37.7 Å². The van der Waals surface area contributed by atoms with Gasteiger partial charge < -0.3 is 0 Å². The molecule has 2 aromatic carbocycles. The fraction of sp³-hybridized carbons (Fsp3) is 0.368. The van der Waals surface area contributed by atoms with Crippen molar-refractivity contribution in [3.05, 3.63) is 65.7 Å². The van der Waals surface area contributed by atoms with Gasteiger partial charge >= 0.3 is 0 Å². The molecule has 0 aliphatic carbocycles. The third-order valence-electron chi connectivity index (χ3n) is 3.75. The molecule has 2 rings (SSSR count). The first-order chi connectivity index (χ1) is 11.1. The molecular formula is C19H24O3S. The van der Waals surface area contributed by atoms with Crippen molar-refractivity contribution < 1.29 is 12.6 Å². The van der Waals surface area contributed by atoms with Crippen LogP contribution < -0.4 is 0 Å². The summed E-state index contributed by atoms with van der Waals surface area (Å²) in [5, 5.41) is 0. The minimum absolute atomic E-state index is 0.229. The molecule has 0 saturated heterocycles. The Morgan fingerprint density at radius 2 is 1.48 bits per heavy atom. The van der Waals surface area contributed by atoms with E-state index in [1.807, 2.05) is 13.0 Å². The predicted molar refractivity (Wildman–Crippen MR) is 92.9 cm³/mol. The summed E-state index contributed by atoms with van der Waals surface area (Å²) in [7, 11) is -3.61. The van der Waals surface area contributed by atoms with E-state index in [4.69, 9.17) is 4.18 Å². The number of benzene rings is 2. The van der Waals surface area contributed by atoms with Crippen molar-refractivity contribution in [2.75, 3.05) is 6.61 Å². The van der Waals surface area contributed by atoms with Crippen LogP contribution in [-0.2, 0) is 20.7 Å². The summed E-state index contributed by atoms with van der Waals surface area (Å²) >= 11 is 0. The van der Waals surface area contributed by atoms with Crippen molar-refractivity contribution in [3.8, 4) is 0 Å². The summed E-state index contributed by atoms with van der Waals surface area (Å²) in [6, 6.07) is 17.1. The number of aryl methyl sites for hydroxylation is 2. The summed E-state index contributed by atoms with van der Waals surface area (Å²) in [5.41, 5.74) is 2.38. The smallest absolute Gasteiger partial charge is 0.266 e. The molecule has 0 unspecified atom stereocenters. The fourth-order valence-corrected chi connectivity index (χ4v) is 3.31. The van der Waals surface area contributed by atoms with Crippen molar-refractivity contribution >= 4 is 10.1 Å². The molecule has 0 aliphatic rings. The van der Waals surface area contributed by atoms with E-state index < -0.39 is 10.1 Å². The van der Waals surface area contributed by atoms with Gasteiger partial charge in [0.15, 0.2) is 0 Å². The molecule has 0 atom stereocenters. The Labute approximate surface area is 139 Å². The number of hydrogen-bond acceptors (Lipinski definition) is 3. The normalized spacial score (nSPS) is 11.5. The number of rotatable bonds is 9. The third kappa shape index (κ3) is 6.16. The second-order valence-corrected chi connectivity index (χ2v) is 7.35. The van der Waals surface area contributed by atoms with E-state index in [1.165, 1.54) is 5.56 Å². The SMILES string of the molecule is Cc1ccc(S(=O)(=O)OCCCCCCc2ccccc2)cc1. The minimum atomic E-state index is -3.61. The van der Waals surface area contributed by atoms with Gasteiger partial charge in [-0.2, -0.15) is 8.42 Å².